The summed E-state index contributed by atoms with van der Waals surface area (Å²) >= 11 is 1.15. The highest BCUT2D eigenvalue weighted by Gasteiger charge is 2.30. The van der Waals surface area contributed by atoms with Gasteiger partial charge in [0, 0.05) is 19.4 Å². The normalized spacial score (nSPS) is 17.5. The van der Waals surface area contributed by atoms with Crippen molar-refractivity contribution in [3.05, 3.63) is 58.8 Å². The second-order valence-electron chi connectivity index (χ2n) is 5.16. The van der Waals surface area contributed by atoms with E-state index < -0.39 is 5.97 Å². The number of aliphatic imine (C=N–C) groups is 1. The van der Waals surface area contributed by atoms with Crippen LogP contribution in [0.2, 0.25) is 0 Å². The van der Waals surface area contributed by atoms with Gasteiger partial charge in [0.05, 0.1) is 16.2 Å². The Morgan fingerprint density at radius 2 is 2.16 bits per heavy atom. The highest BCUT2D eigenvalue weighted by Crippen LogP contribution is 2.34. The average molecular weight is 355 g/mol. The van der Waals surface area contributed by atoms with E-state index in [9.17, 15) is 19.8 Å². The third-order valence-corrected chi connectivity index (χ3v) is 4.47. The molecule has 0 atom stereocenters. The van der Waals surface area contributed by atoms with Crippen LogP contribution in [-0.2, 0) is 4.79 Å². The summed E-state index contributed by atoms with van der Waals surface area (Å²) < 4.78 is 0. The lowest BCUT2D eigenvalue weighted by atomic mass is 10.2. The van der Waals surface area contributed by atoms with E-state index in [0.717, 1.165) is 23.4 Å². The minimum atomic E-state index is -1.21. The highest BCUT2D eigenvalue weighted by atomic mass is 32.2. The van der Waals surface area contributed by atoms with Crippen LogP contribution in [0.5, 0.6) is 5.75 Å². The number of hydrogen-bond donors (Lipinski definition) is 2. The van der Waals surface area contributed by atoms with Crippen LogP contribution in [-0.4, -0.2) is 44.2 Å². The zero-order chi connectivity index (χ0) is 18.0. The Labute approximate surface area is 147 Å². The molecule has 2 aromatic rings. The first-order chi connectivity index (χ1) is 12.0. The molecule has 1 aromatic carbocycles. The van der Waals surface area contributed by atoms with E-state index in [-0.39, 0.29) is 22.9 Å². The van der Waals surface area contributed by atoms with Crippen molar-refractivity contribution in [2.24, 2.45) is 4.99 Å². The largest absolute Gasteiger partial charge is 0.508 e. The number of aromatic hydroxyl groups is 1. The van der Waals surface area contributed by atoms with Crippen molar-refractivity contribution in [2.45, 2.75) is 0 Å². The van der Waals surface area contributed by atoms with Gasteiger partial charge in [-0.15, -0.1) is 0 Å². The molecule has 25 heavy (non-hydrogen) atoms. The van der Waals surface area contributed by atoms with Crippen LogP contribution in [0.15, 0.2) is 52.6 Å². The number of hydrogen-bond acceptors (Lipinski definition) is 6. The SMILES string of the molecule is CN1C(=O)/C(=C/c2cccnc2)SC1=Nc1ccc(O)cc1C(=O)O. The first-order valence-corrected chi connectivity index (χ1v) is 8.00. The quantitative estimate of drug-likeness (QED) is 0.821. The van der Waals surface area contributed by atoms with E-state index in [1.165, 1.54) is 17.0 Å². The van der Waals surface area contributed by atoms with Crippen LogP contribution >= 0.6 is 11.8 Å². The molecule has 2 N–H and O–H groups in total. The number of benzene rings is 1. The molecule has 1 fully saturated rings. The molecule has 126 valence electrons. The topological polar surface area (TPSA) is 103 Å². The summed E-state index contributed by atoms with van der Waals surface area (Å²) in [7, 11) is 1.57. The molecule has 1 saturated heterocycles. The average Bonchev–Trinajstić information content (AvgIpc) is 2.85. The molecule has 1 aliphatic heterocycles. The van der Waals surface area contributed by atoms with Gasteiger partial charge >= 0.3 is 5.97 Å². The van der Waals surface area contributed by atoms with Gasteiger partial charge in [0.25, 0.3) is 5.91 Å². The number of likely N-dealkylation sites (N-methyl/N-ethyl adjacent to an activating group) is 1. The maximum atomic E-state index is 12.4. The molecule has 1 aliphatic rings. The fraction of sp³-hybridized carbons (Fsp3) is 0.0588. The first-order valence-electron chi connectivity index (χ1n) is 7.18. The van der Waals surface area contributed by atoms with Gasteiger partial charge in [0.1, 0.15) is 5.75 Å². The molecular weight excluding hydrogens is 342 g/mol. The van der Waals surface area contributed by atoms with Crippen LogP contribution in [0.1, 0.15) is 15.9 Å². The number of amidine groups is 1. The van der Waals surface area contributed by atoms with Gasteiger partial charge < -0.3 is 10.2 Å². The van der Waals surface area contributed by atoms with Gasteiger partial charge in [-0.1, -0.05) is 6.07 Å². The second-order valence-corrected chi connectivity index (χ2v) is 6.17. The number of carbonyl (C=O) groups is 2. The number of rotatable bonds is 3. The van der Waals surface area contributed by atoms with Crippen molar-refractivity contribution in [3.8, 4) is 5.75 Å². The molecule has 1 aromatic heterocycles. The van der Waals surface area contributed by atoms with Gasteiger partial charge in [0.2, 0.25) is 0 Å². The number of nitrogens with zero attached hydrogens (tertiary/aromatic N) is 3. The minimum absolute atomic E-state index is 0.140. The summed E-state index contributed by atoms with van der Waals surface area (Å²) in [6.45, 7) is 0. The molecule has 1 amide bonds. The third-order valence-electron chi connectivity index (χ3n) is 3.41. The van der Waals surface area contributed by atoms with Crippen molar-refractivity contribution in [1.29, 1.82) is 0 Å². The van der Waals surface area contributed by atoms with Crippen LogP contribution in [0.3, 0.4) is 0 Å². The summed E-state index contributed by atoms with van der Waals surface area (Å²) in [5.41, 5.74) is 0.803. The summed E-state index contributed by atoms with van der Waals surface area (Å²) in [6.07, 6.45) is 4.98. The number of carboxylic acid groups (broad SMARTS) is 1. The van der Waals surface area contributed by atoms with E-state index in [0.29, 0.717) is 10.1 Å². The highest BCUT2D eigenvalue weighted by molar-refractivity contribution is 8.18. The predicted octanol–water partition coefficient (Wildman–Crippen LogP) is 2.72. The van der Waals surface area contributed by atoms with Crippen LogP contribution in [0.4, 0.5) is 5.69 Å². The lowest BCUT2D eigenvalue weighted by molar-refractivity contribution is -0.121. The number of phenols is 1. The van der Waals surface area contributed by atoms with E-state index in [4.69, 9.17) is 0 Å². The van der Waals surface area contributed by atoms with Crippen molar-refractivity contribution in [1.82, 2.24) is 9.88 Å². The molecule has 0 saturated carbocycles. The summed E-state index contributed by atoms with van der Waals surface area (Å²) in [5.74, 6) is -1.61. The maximum Gasteiger partial charge on any atom is 0.338 e. The zero-order valence-electron chi connectivity index (χ0n) is 13.1. The molecule has 0 radical (unpaired) electrons. The van der Waals surface area contributed by atoms with Gasteiger partial charge in [-0.25, -0.2) is 9.79 Å². The molecule has 8 heteroatoms. The van der Waals surface area contributed by atoms with Crippen LogP contribution < -0.4 is 0 Å². The molecule has 0 unspecified atom stereocenters. The van der Waals surface area contributed by atoms with Crippen LogP contribution in [0, 0.1) is 0 Å². The fourth-order valence-corrected chi connectivity index (χ4v) is 3.14. The Kier molecular flexibility index (Phi) is 4.53. The molecule has 2 heterocycles. The molecule has 7 nitrogen and oxygen atoms in total. The molecule has 0 spiro atoms. The minimum Gasteiger partial charge on any atom is -0.508 e. The van der Waals surface area contributed by atoms with Crippen molar-refractivity contribution in [3.63, 3.8) is 0 Å². The summed E-state index contributed by atoms with van der Waals surface area (Å²) in [4.78, 5) is 33.8. The van der Waals surface area contributed by atoms with Gasteiger partial charge in [0.15, 0.2) is 5.17 Å². The van der Waals surface area contributed by atoms with Crippen LogP contribution in [0.25, 0.3) is 6.08 Å². The first kappa shape index (κ1) is 16.7. The van der Waals surface area contributed by atoms with Gasteiger partial charge in [-0.05, 0) is 47.7 Å². The predicted molar refractivity (Wildman–Crippen MR) is 94.7 cm³/mol. The number of thioether (sulfide) groups is 1. The summed E-state index contributed by atoms with van der Waals surface area (Å²) in [5, 5.41) is 19.0. The Bertz CT molecular complexity index is 909. The number of phenolic OH excluding ortho intramolecular Hbond substituents is 1. The van der Waals surface area contributed by atoms with E-state index in [2.05, 4.69) is 9.98 Å². The van der Waals surface area contributed by atoms with Gasteiger partial charge in [-0.3, -0.25) is 14.7 Å². The van der Waals surface area contributed by atoms with Gasteiger partial charge in [-0.2, -0.15) is 0 Å². The van der Waals surface area contributed by atoms with E-state index in [1.54, 1.807) is 31.6 Å². The number of aromatic nitrogens is 1. The maximum absolute atomic E-state index is 12.4. The lowest BCUT2D eigenvalue weighted by Gasteiger charge is -2.08. The Balaban J connectivity index is 1.97. The Hall–Kier alpha value is -3.13. The summed E-state index contributed by atoms with van der Waals surface area (Å²) in [6, 6.07) is 7.46. The van der Waals surface area contributed by atoms with Crippen molar-refractivity contribution >= 4 is 40.6 Å². The standard InChI is InChI=1S/C17H13N3O4S/c1-20-15(22)14(7-10-3-2-6-18-9-10)25-17(20)19-13-5-4-11(21)8-12(13)16(23)24/h2-9,21H,1H3,(H,23,24)/b14-7-,19-17?. The number of carbonyl (C=O) groups excluding carboxylic acids is 1. The van der Waals surface area contributed by atoms with E-state index >= 15 is 0 Å². The molecule has 0 bridgehead atoms. The Morgan fingerprint density at radius 3 is 2.84 bits per heavy atom. The molecule has 0 aliphatic carbocycles. The zero-order valence-corrected chi connectivity index (χ0v) is 13.9. The molecule has 3 rings (SSSR count). The monoisotopic (exact) mass is 355 g/mol. The smallest absolute Gasteiger partial charge is 0.338 e. The van der Waals surface area contributed by atoms with Crippen molar-refractivity contribution < 1.29 is 19.8 Å². The molecular formula is C17H13N3O4S. The number of amides is 1. The number of pyridine rings is 1. The fourth-order valence-electron chi connectivity index (χ4n) is 2.16. The van der Waals surface area contributed by atoms with Crippen molar-refractivity contribution in [2.75, 3.05) is 7.05 Å². The third kappa shape index (κ3) is 3.53. The number of aromatic carboxylic acids is 1. The Morgan fingerprint density at radius 1 is 1.36 bits per heavy atom. The van der Waals surface area contributed by atoms with E-state index in [1.807, 2.05) is 6.07 Å². The number of carboxylic acids is 1. The lowest BCUT2D eigenvalue weighted by Crippen LogP contribution is -2.23. The second kappa shape index (κ2) is 6.78.